The molecule has 1 aliphatic rings. The number of aromatic nitrogens is 3. The maximum atomic E-state index is 13.2. The van der Waals surface area contributed by atoms with Gasteiger partial charge in [-0.25, -0.2) is 8.42 Å². The summed E-state index contributed by atoms with van der Waals surface area (Å²) in [5.41, 5.74) is 1.69. The van der Waals surface area contributed by atoms with Crippen LogP contribution in [0.2, 0.25) is 15.1 Å². The molecule has 1 saturated heterocycles. The molecule has 0 bridgehead atoms. The van der Waals surface area contributed by atoms with Crippen molar-refractivity contribution in [3.63, 3.8) is 0 Å². The van der Waals surface area contributed by atoms with Crippen LogP contribution in [0.15, 0.2) is 76.8 Å². The van der Waals surface area contributed by atoms with Crippen molar-refractivity contribution in [2.24, 2.45) is 0 Å². The van der Waals surface area contributed by atoms with E-state index in [0.717, 1.165) is 18.5 Å². The first kappa shape index (κ1) is 28.9. The number of benzene rings is 3. The maximum Gasteiger partial charge on any atom is 0.243 e. The topological polar surface area (TPSA) is 97.2 Å². The van der Waals surface area contributed by atoms with E-state index in [-0.39, 0.29) is 25.9 Å². The minimum atomic E-state index is -3.62. The molecule has 13 heteroatoms. The molecule has 0 spiro atoms. The molecule has 2 heterocycles. The Morgan fingerprint density at radius 2 is 1.62 bits per heavy atom. The van der Waals surface area contributed by atoms with Gasteiger partial charge in [-0.2, -0.15) is 4.31 Å². The molecule has 5 rings (SSSR count). The van der Waals surface area contributed by atoms with Crippen LogP contribution in [0.1, 0.15) is 19.8 Å². The highest BCUT2D eigenvalue weighted by molar-refractivity contribution is 8.00. The van der Waals surface area contributed by atoms with Gasteiger partial charge in [0.2, 0.25) is 15.9 Å². The lowest BCUT2D eigenvalue weighted by Gasteiger charge is -2.17. The quantitative estimate of drug-likeness (QED) is 0.169. The van der Waals surface area contributed by atoms with Crippen LogP contribution in [0.25, 0.3) is 17.1 Å². The first-order valence-corrected chi connectivity index (χ1v) is 15.8. The standard InChI is InChI=1S/C27H24Cl3N5O3S2/c1-17(26(36)31-24-16-22(29)21(28)15-23(24)30)39-27-33-32-25(35(27)19-9-3-2-4-10-19)18-8-7-11-20(14-18)40(37,38)34-12-5-6-13-34/h2-4,7-11,14-17H,5-6,12-13H2,1H3,(H,31,36). The number of thioether (sulfide) groups is 1. The van der Waals surface area contributed by atoms with Crippen molar-refractivity contribution in [3.05, 3.63) is 81.8 Å². The van der Waals surface area contributed by atoms with Gasteiger partial charge in [-0.15, -0.1) is 10.2 Å². The highest BCUT2D eigenvalue weighted by Crippen LogP contribution is 2.35. The van der Waals surface area contributed by atoms with Crippen LogP contribution >= 0.6 is 46.6 Å². The second-order valence-electron chi connectivity index (χ2n) is 9.11. The molecule has 1 N–H and O–H groups in total. The van der Waals surface area contributed by atoms with Gasteiger partial charge in [-0.1, -0.05) is 76.9 Å². The average Bonchev–Trinajstić information content (AvgIpc) is 3.63. The largest absolute Gasteiger partial charge is 0.324 e. The van der Waals surface area contributed by atoms with Crippen molar-refractivity contribution in [1.82, 2.24) is 19.1 Å². The molecular formula is C27H24Cl3N5O3S2. The summed E-state index contributed by atoms with van der Waals surface area (Å²) in [5.74, 6) is 0.125. The summed E-state index contributed by atoms with van der Waals surface area (Å²) in [4.78, 5) is 13.3. The Balaban J connectivity index is 1.47. The van der Waals surface area contributed by atoms with Crippen LogP contribution in [-0.4, -0.2) is 51.7 Å². The lowest BCUT2D eigenvalue weighted by molar-refractivity contribution is -0.115. The molecular weight excluding hydrogens is 613 g/mol. The summed E-state index contributed by atoms with van der Waals surface area (Å²) in [6.45, 7) is 2.76. The van der Waals surface area contributed by atoms with Gasteiger partial charge in [0, 0.05) is 24.3 Å². The number of nitrogens with one attached hydrogen (secondary N) is 1. The third kappa shape index (κ3) is 6.02. The summed E-state index contributed by atoms with van der Waals surface area (Å²) in [5, 5.41) is 12.2. The summed E-state index contributed by atoms with van der Waals surface area (Å²) >= 11 is 19.5. The lowest BCUT2D eigenvalue weighted by Crippen LogP contribution is -2.27. The van der Waals surface area contributed by atoms with Crippen LogP contribution in [0.5, 0.6) is 0 Å². The van der Waals surface area contributed by atoms with Crippen LogP contribution in [0, 0.1) is 0 Å². The zero-order valence-electron chi connectivity index (χ0n) is 21.2. The number of carbonyl (C=O) groups is 1. The SMILES string of the molecule is CC(Sc1nnc(-c2cccc(S(=O)(=O)N3CCCC3)c2)n1-c1ccccc1)C(=O)Nc1cc(Cl)c(Cl)cc1Cl. The van der Waals surface area contributed by atoms with E-state index in [9.17, 15) is 13.2 Å². The number of amides is 1. The van der Waals surface area contributed by atoms with E-state index in [1.165, 1.54) is 28.2 Å². The third-order valence-electron chi connectivity index (χ3n) is 6.36. The van der Waals surface area contributed by atoms with E-state index in [4.69, 9.17) is 34.8 Å². The predicted octanol–water partition coefficient (Wildman–Crippen LogP) is 6.80. The highest BCUT2D eigenvalue weighted by Gasteiger charge is 2.28. The molecule has 4 aromatic rings. The van der Waals surface area contributed by atoms with Crippen LogP contribution in [0.4, 0.5) is 5.69 Å². The van der Waals surface area contributed by atoms with Gasteiger partial charge in [-0.3, -0.25) is 9.36 Å². The molecule has 1 aromatic heterocycles. The van der Waals surface area contributed by atoms with Gasteiger partial charge in [0.1, 0.15) is 0 Å². The molecule has 208 valence electrons. The number of carbonyl (C=O) groups excluding carboxylic acids is 1. The Labute approximate surface area is 251 Å². The molecule has 0 aliphatic carbocycles. The summed E-state index contributed by atoms with van der Waals surface area (Å²) in [6, 6.07) is 19.1. The third-order valence-corrected chi connectivity index (χ3v) is 10.3. The first-order chi connectivity index (χ1) is 19.1. The van der Waals surface area contributed by atoms with Crippen molar-refractivity contribution in [3.8, 4) is 17.1 Å². The molecule has 3 aromatic carbocycles. The minimum Gasteiger partial charge on any atom is -0.324 e. The molecule has 8 nitrogen and oxygen atoms in total. The number of sulfonamides is 1. The number of hydrogen-bond donors (Lipinski definition) is 1. The number of para-hydroxylation sites is 1. The fraction of sp³-hybridized carbons (Fsp3) is 0.222. The zero-order chi connectivity index (χ0) is 28.4. The maximum absolute atomic E-state index is 13.2. The Morgan fingerprint density at radius 3 is 2.35 bits per heavy atom. The second-order valence-corrected chi connectivity index (χ2v) is 13.6. The molecule has 0 saturated carbocycles. The monoisotopic (exact) mass is 635 g/mol. The molecule has 0 radical (unpaired) electrons. The number of nitrogens with zero attached hydrogens (tertiary/aromatic N) is 4. The summed E-state index contributed by atoms with van der Waals surface area (Å²) in [6.07, 6.45) is 1.70. The van der Waals surface area contributed by atoms with Crippen molar-refractivity contribution >= 4 is 68.2 Å². The van der Waals surface area contributed by atoms with Gasteiger partial charge in [0.25, 0.3) is 0 Å². The van der Waals surface area contributed by atoms with Crippen LogP contribution in [-0.2, 0) is 14.8 Å². The number of rotatable bonds is 8. The van der Waals surface area contributed by atoms with Gasteiger partial charge in [0.15, 0.2) is 11.0 Å². The van der Waals surface area contributed by atoms with Crippen molar-refractivity contribution < 1.29 is 13.2 Å². The van der Waals surface area contributed by atoms with Gasteiger partial charge in [0.05, 0.1) is 30.9 Å². The normalized spacial score (nSPS) is 14.8. The fourth-order valence-electron chi connectivity index (χ4n) is 4.28. The van der Waals surface area contributed by atoms with Gasteiger partial charge >= 0.3 is 0 Å². The minimum absolute atomic E-state index is 0.204. The van der Waals surface area contributed by atoms with Crippen molar-refractivity contribution in [2.75, 3.05) is 18.4 Å². The van der Waals surface area contributed by atoms with E-state index in [1.54, 1.807) is 31.2 Å². The first-order valence-electron chi connectivity index (χ1n) is 12.4. The molecule has 1 aliphatic heterocycles. The number of anilines is 1. The molecule has 1 amide bonds. The van der Waals surface area contributed by atoms with E-state index in [1.807, 2.05) is 34.9 Å². The van der Waals surface area contributed by atoms with Crippen LogP contribution < -0.4 is 5.32 Å². The average molecular weight is 637 g/mol. The van der Waals surface area contributed by atoms with E-state index >= 15 is 0 Å². The van der Waals surface area contributed by atoms with Gasteiger partial charge in [-0.05, 0) is 56.2 Å². The number of halogens is 3. The number of hydrogen-bond acceptors (Lipinski definition) is 6. The second kappa shape index (κ2) is 12.1. The van der Waals surface area contributed by atoms with Crippen molar-refractivity contribution in [2.45, 2.75) is 35.1 Å². The predicted molar refractivity (Wildman–Crippen MR) is 160 cm³/mol. The Kier molecular flexibility index (Phi) is 8.75. The Hall–Kier alpha value is -2.60. The van der Waals surface area contributed by atoms with E-state index in [0.29, 0.717) is 35.3 Å². The smallest absolute Gasteiger partial charge is 0.243 e. The molecule has 40 heavy (non-hydrogen) atoms. The Bertz CT molecular complexity index is 1660. The molecule has 1 fully saturated rings. The zero-order valence-corrected chi connectivity index (χ0v) is 25.1. The van der Waals surface area contributed by atoms with E-state index < -0.39 is 15.3 Å². The van der Waals surface area contributed by atoms with Gasteiger partial charge < -0.3 is 5.32 Å². The lowest BCUT2D eigenvalue weighted by atomic mass is 10.2. The van der Waals surface area contributed by atoms with Crippen molar-refractivity contribution in [1.29, 1.82) is 0 Å². The highest BCUT2D eigenvalue weighted by atomic mass is 35.5. The van der Waals surface area contributed by atoms with E-state index in [2.05, 4.69) is 15.5 Å². The molecule has 1 atom stereocenters. The summed E-state index contributed by atoms with van der Waals surface area (Å²) < 4.78 is 29.8. The Morgan fingerprint density at radius 1 is 0.925 bits per heavy atom. The molecule has 1 unspecified atom stereocenters. The van der Waals surface area contributed by atoms with Crippen LogP contribution in [0.3, 0.4) is 0 Å². The summed E-state index contributed by atoms with van der Waals surface area (Å²) in [7, 11) is -3.62. The fourth-order valence-corrected chi connectivity index (χ4v) is 7.31.